The molecular weight excluding hydrogens is 258 g/mol. The summed E-state index contributed by atoms with van der Waals surface area (Å²) in [4.78, 5) is 12.3. The van der Waals surface area contributed by atoms with Crippen LogP contribution in [0.4, 0.5) is 0 Å². The zero-order valence-corrected chi connectivity index (χ0v) is 12.3. The van der Waals surface area contributed by atoms with E-state index in [0.29, 0.717) is 10.8 Å². The molecule has 2 rings (SSSR count). The molecule has 2 unspecified atom stereocenters. The number of hydrogen-bond donors (Lipinski definition) is 2. The van der Waals surface area contributed by atoms with Crippen LogP contribution < -0.4 is 5.32 Å². The van der Waals surface area contributed by atoms with E-state index in [4.69, 9.17) is 0 Å². The van der Waals surface area contributed by atoms with Gasteiger partial charge in [0.1, 0.15) is 5.75 Å². The Balaban J connectivity index is 2.07. The third-order valence-corrected chi connectivity index (χ3v) is 4.95. The average molecular weight is 279 g/mol. The van der Waals surface area contributed by atoms with Crippen LogP contribution in [0.3, 0.4) is 0 Å². The van der Waals surface area contributed by atoms with Gasteiger partial charge in [-0.15, -0.1) is 0 Å². The second kappa shape index (κ2) is 6.33. The summed E-state index contributed by atoms with van der Waals surface area (Å²) in [6.45, 7) is 1.85. The first kappa shape index (κ1) is 14.3. The zero-order chi connectivity index (χ0) is 13.8. The van der Waals surface area contributed by atoms with Gasteiger partial charge in [0.15, 0.2) is 0 Å². The van der Waals surface area contributed by atoms with Crippen molar-refractivity contribution in [1.29, 1.82) is 0 Å². The highest BCUT2D eigenvalue weighted by atomic mass is 32.2. The highest BCUT2D eigenvalue weighted by Gasteiger charge is 2.26. The molecule has 0 bridgehead atoms. The first-order valence-electron chi connectivity index (χ1n) is 6.75. The summed E-state index contributed by atoms with van der Waals surface area (Å²) in [5.41, 5.74) is 1.47. The Morgan fingerprint density at radius 2 is 2.11 bits per heavy atom. The maximum absolute atomic E-state index is 12.3. The van der Waals surface area contributed by atoms with Crippen LogP contribution in [0.2, 0.25) is 0 Å². The van der Waals surface area contributed by atoms with Crippen LogP contribution in [-0.4, -0.2) is 28.6 Å². The third kappa shape index (κ3) is 3.44. The second-order valence-corrected chi connectivity index (χ2v) is 6.21. The van der Waals surface area contributed by atoms with Gasteiger partial charge in [0.05, 0.1) is 0 Å². The predicted octanol–water partition coefficient (Wildman–Crippen LogP) is 3.10. The highest BCUT2D eigenvalue weighted by molar-refractivity contribution is 7.99. The van der Waals surface area contributed by atoms with Gasteiger partial charge in [-0.25, -0.2) is 0 Å². The maximum Gasteiger partial charge on any atom is 0.251 e. The van der Waals surface area contributed by atoms with Gasteiger partial charge >= 0.3 is 0 Å². The number of aryl methyl sites for hydroxylation is 1. The molecule has 0 saturated heterocycles. The summed E-state index contributed by atoms with van der Waals surface area (Å²) in [7, 11) is 0. The molecule has 0 radical (unpaired) electrons. The van der Waals surface area contributed by atoms with Crippen molar-refractivity contribution in [2.45, 2.75) is 43.9 Å². The number of carbonyl (C=O) groups excluding carboxylic acids is 1. The second-order valence-electron chi connectivity index (χ2n) is 5.14. The fourth-order valence-electron chi connectivity index (χ4n) is 2.69. The summed E-state index contributed by atoms with van der Waals surface area (Å²) >= 11 is 1.84. The van der Waals surface area contributed by atoms with Crippen molar-refractivity contribution in [1.82, 2.24) is 5.32 Å². The standard InChI is InChI=1S/C15H21NO2S/c1-10-9-11(17)7-8-12(10)15(18)16-13-5-3-4-6-14(13)19-2/h7-9,13-14,17H,3-6H2,1-2H3,(H,16,18). The number of hydrogen-bond acceptors (Lipinski definition) is 3. The molecule has 0 aromatic heterocycles. The Kier molecular flexibility index (Phi) is 4.75. The Bertz CT molecular complexity index is 461. The van der Waals surface area contributed by atoms with Gasteiger partial charge < -0.3 is 10.4 Å². The van der Waals surface area contributed by atoms with E-state index in [1.807, 2.05) is 18.7 Å². The van der Waals surface area contributed by atoms with Crippen LogP contribution in [0.5, 0.6) is 5.75 Å². The quantitative estimate of drug-likeness (QED) is 0.894. The molecule has 1 fully saturated rings. The van der Waals surface area contributed by atoms with Crippen molar-refractivity contribution in [3.8, 4) is 5.75 Å². The van der Waals surface area contributed by atoms with E-state index < -0.39 is 0 Å². The minimum Gasteiger partial charge on any atom is -0.508 e. The molecule has 0 heterocycles. The number of rotatable bonds is 3. The van der Waals surface area contributed by atoms with Crippen LogP contribution in [0.25, 0.3) is 0 Å². The molecule has 19 heavy (non-hydrogen) atoms. The number of amides is 1. The molecular formula is C15H21NO2S. The first-order chi connectivity index (χ1) is 9.11. The number of phenols is 1. The Hall–Kier alpha value is -1.16. The molecule has 2 atom stereocenters. The van der Waals surface area contributed by atoms with E-state index in [0.717, 1.165) is 12.0 Å². The van der Waals surface area contributed by atoms with Crippen molar-refractivity contribution in [2.75, 3.05) is 6.26 Å². The maximum atomic E-state index is 12.3. The normalized spacial score (nSPS) is 23.1. The van der Waals surface area contributed by atoms with Crippen LogP contribution in [0.1, 0.15) is 41.6 Å². The van der Waals surface area contributed by atoms with Gasteiger partial charge in [-0.3, -0.25) is 4.79 Å². The van der Waals surface area contributed by atoms with Gasteiger partial charge in [-0.1, -0.05) is 12.8 Å². The molecule has 1 aliphatic carbocycles. The molecule has 1 amide bonds. The summed E-state index contributed by atoms with van der Waals surface area (Å²) in [6.07, 6.45) is 6.81. The monoisotopic (exact) mass is 279 g/mol. The number of benzene rings is 1. The molecule has 1 aromatic rings. The van der Waals surface area contributed by atoms with Gasteiger partial charge in [-0.05, 0) is 49.8 Å². The number of thioether (sulfide) groups is 1. The lowest BCUT2D eigenvalue weighted by molar-refractivity contribution is 0.0928. The van der Waals surface area contributed by atoms with Crippen LogP contribution >= 0.6 is 11.8 Å². The molecule has 104 valence electrons. The lowest BCUT2D eigenvalue weighted by atomic mass is 9.94. The SMILES string of the molecule is CSC1CCCCC1NC(=O)c1ccc(O)cc1C. The minimum absolute atomic E-state index is 0.0246. The van der Waals surface area contributed by atoms with Crippen LogP contribution in [-0.2, 0) is 0 Å². The molecule has 0 spiro atoms. The number of aromatic hydroxyl groups is 1. The lowest BCUT2D eigenvalue weighted by Crippen LogP contribution is -2.43. The number of carbonyl (C=O) groups is 1. The van der Waals surface area contributed by atoms with Crippen molar-refractivity contribution >= 4 is 17.7 Å². The van der Waals surface area contributed by atoms with Gasteiger partial charge in [0, 0.05) is 16.9 Å². The van der Waals surface area contributed by atoms with Gasteiger partial charge in [-0.2, -0.15) is 11.8 Å². The van der Waals surface area contributed by atoms with Crippen LogP contribution in [0, 0.1) is 6.92 Å². The topological polar surface area (TPSA) is 49.3 Å². The van der Waals surface area contributed by atoms with E-state index in [1.54, 1.807) is 18.2 Å². The largest absolute Gasteiger partial charge is 0.508 e. The summed E-state index contributed by atoms with van der Waals surface area (Å²) in [6, 6.07) is 5.15. The van der Waals surface area contributed by atoms with E-state index in [2.05, 4.69) is 11.6 Å². The molecule has 0 aliphatic heterocycles. The van der Waals surface area contributed by atoms with Crippen molar-refractivity contribution in [3.63, 3.8) is 0 Å². The Morgan fingerprint density at radius 1 is 1.37 bits per heavy atom. The molecule has 1 saturated carbocycles. The molecule has 1 aromatic carbocycles. The first-order valence-corrected chi connectivity index (χ1v) is 8.04. The third-order valence-electron chi connectivity index (χ3n) is 3.78. The predicted molar refractivity (Wildman–Crippen MR) is 79.9 cm³/mol. The van der Waals surface area contributed by atoms with Crippen molar-refractivity contribution < 1.29 is 9.90 Å². The van der Waals surface area contributed by atoms with E-state index in [-0.39, 0.29) is 17.7 Å². The van der Waals surface area contributed by atoms with E-state index >= 15 is 0 Å². The lowest BCUT2D eigenvalue weighted by Gasteiger charge is -2.31. The molecule has 4 heteroatoms. The smallest absolute Gasteiger partial charge is 0.251 e. The molecule has 2 N–H and O–H groups in total. The van der Waals surface area contributed by atoms with Gasteiger partial charge in [0.2, 0.25) is 0 Å². The van der Waals surface area contributed by atoms with Crippen molar-refractivity contribution in [2.24, 2.45) is 0 Å². The number of phenolic OH excluding ortho intramolecular Hbond substituents is 1. The highest BCUT2D eigenvalue weighted by Crippen LogP contribution is 2.27. The summed E-state index contributed by atoms with van der Waals surface area (Å²) in [5, 5.41) is 13.1. The summed E-state index contributed by atoms with van der Waals surface area (Å²) in [5.74, 6) is 0.178. The molecule has 3 nitrogen and oxygen atoms in total. The zero-order valence-electron chi connectivity index (χ0n) is 11.5. The Labute approximate surface area is 118 Å². The number of nitrogens with one attached hydrogen (secondary N) is 1. The van der Waals surface area contributed by atoms with Crippen LogP contribution in [0.15, 0.2) is 18.2 Å². The minimum atomic E-state index is -0.0246. The van der Waals surface area contributed by atoms with Crippen molar-refractivity contribution in [3.05, 3.63) is 29.3 Å². The van der Waals surface area contributed by atoms with E-state index in [1.165, 1.54) is 19.3 Å². The Morgan fingerprint density at radius 3 is 2.79 bits per heavy atom. The molecule has 1 aliphatic rings. The fourth-order valence-corrected chi connectivity index (χ4v) is 3.63. The summed E-state index contributed by atoms with van der Waals surface area (Å²) < 4.78 is 0. The van der Waals surface area contributed by atoms with E-state index in [9.17, 15) is 9.90 Å². The fraction of sp³-hybridized carbons (Fsp3) is 0.533. The average Bonchev–Trinajstić information content (AvgIpc) is 2.39. The van der Waals surface area contributed by atoms with Gasteiger partial charge in [0.25, 0.3) is 5.91 Å².